The highest BCUT2D eigenvalue weighted by Crippen LogP contribution is 2.24. The maximum Gasteiger partial charge on any atom is 0.193 e. The Hall–Kier alpha value is -1.17. The standard InChI is InChI=1S/C15H27N5S/c1-12(2)14-11-20(9-10-21-14)15(16-4)18-6-8-19-7-5-17-13(19)3/h5,7,12,14H,6,8-11H2,1-4H3,(H,16,18). The van der Waals surface area contributed by atoms with Crippen molar-refractivity contribution in [2.24, 2.45) is 10.9 Å². The molecule has 0 radical (unpaired) electrons. The molecule has 1 aliphatic rings. The lowest BCUT2D eigenvalue weighted by molar-refractivity contribution is 0.380. The van der Waals surface area contributed by atoms with Crippen LogP contribution in [0.4, 0.5) is 0 Å². The summed E-state index contributed by atoms with van der Waals surface area (Å²) in [6.07, 6.45) is 3.87. The molecule has 1 aliphatic heterocycles. The van der Waals surface area contributed by atoms with E-state index in [4.69, 9.17) is 0 Å². The summed E-state index contributed by atoms with van der Waals surface area (Å²) < 4.78 is 2.16. The molecule has 0 spiro atoms. The van der Waals surface area contributed by atoms with Gasteiger partial charge in [0.15, 0.2) is 5.96 Å². The molecule has 0 aromatic carbocycles. The van der Waals surface area contributed by atoms with Gasteiger partial charge in [-0.05, 0) is 12.8 Å². The Kier molecular flexibility index (Phi) is 5.96. The van der Waals surface area contributed by atoms with E-state index in [1.165, 1.54) is 5.75 Å². The van der Waals surface area contributed by atoms with Crippen molar-refractivity contribution < 1.29 is 0 Å². The third kappa shape index (κ3) is 4.40. The second-order valence-corrected chi connectivity index (χ2v) is 7.09. The molecule has 118 valence electrons. The maximum atomic E-state index is 4.44. The zero-order chi connectivity index (χ0) is 15.2. The number of hydrogen-bond acceptors (Lipinski definition) is 3. The van der Waals surface area contributed by atoms with Crippen LogP contribution in [0.5, 0.6) is 0 Å². The van der Waals surface area contributed by atoms with E-state index in [0.717, 1.165) is 38.0 Å². The highest BCUT2D eigenvalue weighted by atomic mass is 32.2. The third-order valence-corrected chi connectivity index (χ3v) is 5.45. The Morgan fingerprint density at radius 3 is 3.00 bits per heavy atom. The van der Waals surface area contributed by atoms with Gasteiger partial charge in [0.1, 0.15) is 5.82 Å². The summed E-state index contributed by atoms with van der Waals surface area (Å²) in [6, 6.07) is 0. The van der Waals surface area contributed by atoms with Crippen LogP contribution in [0.1, 0.15) is 19.7 Å². The van der Waals surface area contributed by atoms with Crippen molar-refractivity contribution in [3.05, 3.63) is 18.2 Å². The molecule has 0 aliphatic carbocycles. The summed E-state index contributed by atoms with van der Waals surface area (Å²) in [4.78, 5) is 11.1. The van der Waals surface area contributed by atoms with Gasteiger partial charge in [0.2, 0.25) is 0 Å². The molecule has 21 heavy (non-hydrogen) atoms. The lowest BCUT2D eigenvalue weighted by Crippen LogP contribution is -2.49. The molecule has 0 bridgehead atoms. The van der Waals surface area contributed by atoms with Gasteiger partial charge in [0.25, 0.3) is 0 Å². The zero-order valence-corrected chi connectivity index (χ0v) is 14.4. The van der Waals surface area contributed by atoms with Gasteiger partial charge in [0, 0.05) is 56.6 Å². The molecule has 6 heteroatoms. The van der Waals surface area contributed by atoms with Crippen LogP contribution in [0.25, 0.3) is 0 Å². The first-order chi connectivity index (χ1) is 10.1. The average molecular weight is 309 g/mol. The van der Waals surface area contributed by atoms with Gasteiger partial charge in [-0.3, -0.25) is 4.99 Å². The molecular weight excluding hydrogens is 282 g/mol. The fourth-order valence-corrected chi connectivity index (χ4v) is 3.83. The van der Waals surface area contributed by atoms with Crippen LogP contribution >= 0.6 is 11.8 Å². The van der Waals surface area contributed by atoms with Gasteiger partial charge in [-0.1, -0.05) is 13.8 Å². The van der Waals surface area contributed by atoms with E-state index in [1.54, 1.807) is 0 Å². The molecule has 0 amide bonds. The van der Waals surface area contributed by atoms with E-state index in [0.29, 0.717) is 11.2 Å². The number of thioether (sulfide) groups is 1. The van der Waals surface area contributed by atoms with Crippen molar-refractivity contribution in [1.29, 1.82) is 0 Å². The number of aliphatic imine (C=N–C) groups is 1. The number of guanidine groups is 1. The van der Waals surface area contributed by atoms with Gasteiger partial charge in [-0.25, -0.2) is 4.98 Å². The molecule has 1 aromatic rings. The number of hydrogen-bond donors (Lipinski definition) is 1. The van der Waals surface area contributed by atoms with Crippen LogP contribution in [-0.2, 0) is 6.54 Å². The zero-order valence-electron chi connectivity index (χ0n) is 13.5. The molecule has 5 nitrogen and oxygen atoms in total. The molecule has 2 rings (SSSR count). The highest BCUT2D eigenvalue weighted by molar-refractivity contribution is 8.00. The van der Waals surface area contributed by atoms with Crippen LogP contribution in [0.2, 0.25) is 0 Å². The van der Waals surface area contributed by atoms with Crippen molar-refractivity contribution in [3.8, 4) is 0 Å². The van der Waals surface area contributed by atoms with Crippen molar-refractivity contribution in [2.45, 2.75) is 32.6 Å². The van der Waals surface area contributed by atoms with E-state index in [2.05, 4.69) is 50.4 Å². The van der Waals surface area contributed by atoms with Gasteiger partial charge < -0.3 is 14.8 Å². The van der Waals surface area contributed by atoms with E-state index in [1.807, 2.05) is 26.4 Å². The highest BCUT2D eigenvalue weighted by Gasteiger charge is 2.24. The summed E-state index contributed by atoms with van der Waals surface area (Å²) in [7, 11) is 1.87. The minimum absolute atomic E-state index is 0.702. The first-order valence-corrected chi connectivity index (χ1v) is 8.71. The van der Waals surface area contributed by atoms with Gasteiger partial charge in [0.05, 0.1) is 0 Å². The van der Waals surface area contributed by atoms with Gasteiger partial charge >= 0.3 is 0 Å². The molecule has 1 N–H and O–H groups in total. The fourth-order valence-electron chi connectivity index (χ4n) is 2.53. The van der Waals surface area contributed by atoms with Crippen molar-refractivity contribution in [2.75, 3.05) is 32.4 Å². The van der Waals surface area contributed by atoms with Crippen molar-refractivity contribution in [3.63, 3.8) is 0 Å². The largest absolute Gasteiger partial charge is 0.354 e. The van der Waals surface area contributed by atoms with Gasteiger partial charge in [-0.15, -0.1) is 0 Å². The number of imidazole rings is 1. The van der Waals surface area contributed by atoms with Gasteiger partial charge in [-0.2, -0.15) is 11.8 Å². The molecule has 2 heterocycles. The predicted octanol–water partition coefficient (Wildman–Crippen LogP) is 1.84. The van der Waals surface area contributed by atoms with E-state index < -0.39 is 0 Å². The number of rotatable bonds is 4. The molecule has 1 atom stereocenters. The van der Waals surface area contributed by atoms with E-state index in [-0.39, 0.29) is 0 Å². The Balaban J connectivity index is 1.84. The number of aromatic nitrogens is 2. The Morgan fingerprint density at radius 1 is 1.57 bits per heavy atom. The van der Waals surface area contributed by atoms with Crippen molar-refractivity contribution >= 4 is 17.7 Å². The Bertz CT molecular complexity index is 468. The third-order valence-electron chi connectivity index (χ3n) is 3.91. The Labute approximate surface area is 132 Å². The SMILES string of the molecule is CN=C(NCCn1ccnc1C)N1CCSC(C(C)C)C1. The summed E-state index contributed by atoms with van der Waals surface area (Å²) in [5.74, 6) is 3.98. The predicted molar refractivity (Wildman–Crippen MR) is 91.0 cm³/mol. The summed E-state index contributed by atoms with van der Waals surface area (Å²) in [5.41, 5.74) is 0. The minimum Gasteiger partial charge on any atom is -0.354 e. The van der Waals surface area contributed by atoms with Crippen LogP contribution in [-0.4, -0.2) is 58.1 Å². The molecule has 0 saturated carbocycles. The topological polar surface area (TPSA) is 45.5 Å². The maximum absolute atomic E-state index is 4.44. The summed E-state index contributed by atoms with van der Waals surface area (Å²) >= 11 is 2.09. The van der Waals surface area contributed by atoms with Crippen LogP contribution in [0.3, 0.4) is 0 Å². The minimum atomic E-state index is 0.702. The Morgan fingerprint density at radius 2 is 2.38 bits per heavy atom. The summed E-state index contributed by atoms with van der Waals surface area (Å²) in [6.45, 7) is 10.6. The van der Waals surface area contributed by atoms with E-state index in [9.17, 15) is 0 Å². The second-order valence-electron chi connectivity index (χ2n) is 5.74. The number of nitrogens with one attached hydrogen (secondary N) is 1. The molecule has 1 aromatic heterocycles. The second kappa shape index (κ2) is 7.73. The van der Waals surface area contributed by atoms with Crippen LogP contribution in [0.15, 0.2) is 17.4 Å². The van der Waals surface area contributed by atoms with Crippen LogP contribution < -0.4 is 5.32 Å². The number of aryl methyl sites for hydroxylation is 1. The lowest BCUT2D eigenvalue weighted by atomic mass is 10.1. The first kappa shape index (κ1) is 16.2. The molecule has 1 fully saturated rings. The number of nitrogens with zero attached hydrogens (tertiary/aromatic N) is 4. The quantitative estimate of drug-likeness (QED) is 0.681. The summed E-state index contributed by atoms with van der Waals surface area (Å²) in [5, 5.41) is 4.18. The molecule has 1 saturated heterocycles. The fraction of sp³-hybridized carbons (Fsp3) is 0.733. The first-order valence-electron chi connectivity index (χ1n) is 7.66. The monoisotopic (exact) mass is 309 g/mol. The lowest BCUT2D eigenvalue weighted by Gasteiger charge is -2.36. The van der Waals surface area contributed by atoms with Crippen LogP contribution in [0, 0.1) is 12.8 Å². The molecular formula is C15H27N5S. The normalized spacial score (nSPS) is 20.1. The smallest absolute Gasteiger partial charge is 0.193 e. The average Bonchev–Trinajstić information content (AvgIpc) is 2.89. The molecule has 1 unspecified atom stereocenters. The van der Waals surface area contributed by atoms with E-state index >= 15 is 0 Å². The van der Waals surface area contributed by atoms with Crippen molar-refractivity contribution in [1.82, 2.24) is 19.8 Å².